The van der Waals surface area contributed by atoms with Crippen LogP contribution in [0.5, 0.6) is 0 Å². The summed E-state index contributed by atoms with van der Waals surface area (Å²) < 4.78 is 5.48. The van der Waals surface area contributed by atoms with Gasteiger partial charge in [-0.15, -0.1) is 10.2 Å². The Morgan fingerprint density at radius 3 is 2.76 bits per heavy atom. The van der Waals surface area contributed by atoms with Crippen LogP contribution in [0.1, 0.15) is 35.7 Å². The van der Waals surface area contributed by atoms with Gasteiger partial charge in [0.1, 0.15) is 0 Å². The monoisotopic (exact) mass is 281 g/mol. The van der Waals surface area contributed by atoms with E-state index < -0.39 is 0 Å². The van der Waals surface area contributed by atoms with Gasteiger partial charge < -0.3 is 4.42 Å². The number of nitrogens with zero attached hydrogens (tertiary/aromatic N) is 3. The van der Waals surface area contributed by atoms with Gasteiger partial charge in [-0.25, -0.2) is 0 Å². The van der Waals surface area contributed by atoms with Crippen molar-refractivity contribution in [3.63, 3.8) is 0 Å². The van der Waals surface area contributed by atoms with E-state index >= 15 is 0 Å². The van der Waals surface area contributed by atoms with Crippen molar-refractivity contribution in [1.82, 2.24) is 15.1 Å². The zero-order chi connectivity index (χ0) is 14.3. The fraction of sp³-hybridized carbons (Fsp3) is 0.412. The van der Waals surface area contributed by atoms with Crippen LogP contribution in [0.3, 0.4) is 0 Å². The molecule has 4 nitrogen and oxygen atoms in total. The van der Waals surface area contributed by atoms with Crippen LogP contribution in [0.25, 0.3) is 6.08 Å². The molecule has 0 unspecified atom stereocenters. The first-order valence-electron chi connectivity index (χ1n) is 7.55. The maximum Gasteiger partial charge on any atom is 0.230 e. The molecule has 21 heavy (non-hydrogen) atoms. The smallest absolute Gasteiger partial charge is 0.230 e. The third-order valence-corrected chi connectivity index (χ3v) is 4.75. The van der Waals surface area contributed by atoms with E-state index in [1.807, 2.05) is 6.92 Å². The Morgan fingerprint density at radius 1 is 1.19 bits per heavy atom. The SMILES string of the molecule is Cc1nnc(CN2CCC3(C=Cc4ccccc43)CC2)o1. The van der Waals surface area contributed by atoms with Crippen LogP contribution >= 0.6 is 0 Å². The molecule has 4 heteroatoms. The summed E-state index contributed by atoms with van der Waals surface area (Å²) in [5.74, 6) is 1.37. The predicted molar refractivity (Wildman–Crippen MR) is 80.7 cm³/mol. The van der Waals surface area contributed by atoms with Gasteiger partial charge in [-0.1, -0.05) is 36.4 Å². The second kappa shape index (κ2) is 4.81. The van der Waals surface area contributed by atoms with Crippen LogP contribution in [0, 0.1) is 6.92 Å². The first-order chi connectivity index (χ1) is 10.3. The number of benzene rings is 1. The molecule has 1 saturated heterocycles. The molecule has 0 bridgehead atoms. The van der Waals surface area contributed by atoms with Crippen LogP contribution in [-0.2, 0) is 12.0 Å². The number of aromatic nitrogens is 2. The fourth-order valence-electron chi connectivity index (χ4n) is 3.57. The average molecular weight is 281 g/mol. The van der Waals surface area contributed by atoms with Crippen molar-refractivity contribution < 1.29 is 4.42 Å². The molecular formula is C17H19N3O. The van der Waals surface area contributed by atoms with E-state index in [9.17, 15) is 0 Å². The Kier molecular flexibility index (Phi) is 2.93. The van der Waals surface area contributed by atoms with Gasteiger partial charge >= 0.3 is 0 Å². The average Bonchev–Trinajstić information content (AvgIpc) is 3.07. The molecule has 1 fully saturated rings. The Balaban J connectivity index is 1.47. The van der Waals surface area contributed by atoms with Gasteiger partial charge in [0, 0.05) is 12.3 Å². The third-order valence-electron chi connectivity index (χ3n) is 4.75. The second-order valence-electron chi connectivity index (χ2n) is 6.07. The maximum absolute atomic E-state index is 5.48. The highest BCUT2D eigenvalue weighted by atomic mass is 16.4. The normalized spacial score (nSPS) is 20.0. The van der Waals surface area contributed by atoms with Gasteiger partial charge in [0.25, 0.3) is 0 Å². The molecule has 2 aromatic rings. The molecule has 0 N–H and O–H groups in total. The molecule has 0 saturated carbocycles. The lowest BCUT2D eigenvalue weighted by Gasteiger charge is -2.38. The predicted octanol–water partition coefficient (Wildman–Crippen LogP) is 2.94. The molecule has 1 aromatic heterocycles. The van der Waals surface area contributed by atoms with Crippen LogP contribution in [0.2, 0.25) is 0 Å². The van der Waals surface area contributed by atoms with Crippen molar-refractivity contribution >= 4 is 6.08 Å². The van der Waals surface area contributed by atoms with Gasteiger partial charge in [0.2, 0.25) is 11.8 Å². The summed E-state index contributed by atoms with van der Waals surface area (Å²) in [6.07, 6.45) is 7.01. The van der Waals surface area contributed by atoms with E-state index in [2.05, 4.69) is 51.5 Å². The molecule has 1 spiro atoms. The van der Waals surface area contributed by atoms with Crippen LogP contribution in [0.4, 0.5) is 0 Å². The standard InChI is InChI=1S/C17H19N3O/c1-13-18-19-16(21-13)12-20-10-8-17(9-11-20)7-6-14-4-2-3-5-15(14)17/h2-7H,8-12H2,1H3. The molecule has 0 amide bonds. The molecule has 4 rings (SSSR count). The van der Waals surface area contributed by atoms with Gasteiger partial charge in [0.15, 0.2) is 0 Å². The minimum Gasteiger partial charge on any atom is -0.424 e. The highest BCUT2D eigenvalue weighted by molar-refractivity contribution is 5.65. The molecule has 0 atom stereocenters. The molecule has 108 valence electrons. The largest absolute Gasteiger partial charge is 0.424 e. The summed E-state index contributed by atoms with van der Waals surface area (Å²) in [7, 11) is 0. The van der Waals surface area contributed by atoms with Crippen molar-refractivity contribution in [1.29, 1.82) is 0 Å². The first-order valence-corrected chi connectivity index (χ1v) is 7.55. The lowest BCUT2D eigenvalue weighted by molar-refractivity contribution is 0.163. The summed E-state index contributed by atoms with van der Waals surface area (Å²) in [5, 5.41) is 7.99. The summed E-state index contributed by atoms with van der Waals surface area (Å²) in [5.41, 5.74) is 3.13. The maximum atomic E-state index is 5.48. The molecular weight excluding hydrogens is 262 g/mol. The Bertz CT molecular complexity index is 681. The molecule has 1 aliphatic carbocycles. The number of rotatable bonds is 2. The quantitative estimate of drug-likeness (QED) is 0.848. The second-order valence-corrected chi connectivity index (χ2v) is 6.07. The minimum absolute atomic E-state index is 0.248. The van der Waals surface area contributed by atoms with E-state index in [0.29, 0.717) is 5.89 Å². The summed E-state index contributed by atoms with van der Waals surface area (Å²) in [6.45, 7) is 4.74. The van der Waals surface area contributed by atoms with Crippen molar-refractivity contribution in [2.24, 2.45) is 0 Å². The van der Waals surface area contributed by atoms with E-state index in [-0.39, 0.29) is 5.41 Å². The molecule has 1 aliphatic heterocycles. The molecule has 0 radical (unpaired) electrons. The van der Waals surface area contributed by atoms with Crippen molar-refractivity contribution in [3.05, 3.63) is 53.2 Å². The molecule has 2 aliphatic rings. The highest BCUT2D eigenvalue weighted by Gasteiger charge is 2.37. The van der Waals surface area contributed by atoms with Crippen LogP contribution < -0.4 is 0 Å². The molecule has 2 heterocycles. The summed E-state index contributed by atoms with van der Waals surface area (Å²) in [4.78, 5) is 2.41. The van der Waals surface area contributed by atoms with E-state index in [4.69, 9.17) is 4.42 Å². The zero-order valence-electron chi connectivity index (χ0n) is 12.2. The minimum atomic E-state index is 0.248. The number of fused-ring (bicyclic) bond motifs is 2. The van der Waals surface area contributed by atoms with Gasteiger partial charge in [-0.2, -0.15) is 0 Å². The van der Waals surface area contributed by atoms with E-state index in [1.54, 1.807) is 0 Å². The molecule has 1 aromatic carbocycles. The number of allylic oxidation sites excluding steroid dienone is 1. The number of likely N-dealkylation sites (tertiary alicyclic amines) is 1. The van der Waals surface area contributed by atoms with Crippen LogP contribution in [-0.4, -0.2) is 28.2 Å². The Labute approximate surface area is 124 Å². The lowest BCUT2D eigenvalue weighted by atomic mass is 9.74. The topological polar surface area (TPSA) is 42.2 Å². The van der Waals surface area contributed by atoms with Crippen LogP contribution in [0.15, 0.2) is 34.8 Å². The van der Waals surface area contributed by atoms with Gasteiger partial charge in [-0.3, -0.25) is 4.90 Å². The number of hydrogen-bond acceptors (Lipinski definition) is 4. The summed E-state index contributed by atoms with van der Waals surface area (Å²) >= 11 is 0. The van der Waals surface area contributed by atoms with Crippen molar-refractivity contribution in [2.45, 2.75) is 31.7 Å². The number of hydrogen-bond donors (Lipinski definition) is 0. The highest BCUT2D eigenvalue weighted by Crippen LogP contribution is 2.43. The van der Waals surface area contributed by atoms with E-state index in [0.717, 1.165) is 38.4 Å². The van der Waals surface area contributed by atoms with Crippen molar-refractivity contribution in [2.75, 3.05) is 13.1 Å². The third kappa shape index (κ3) is 2.20. The van der Waals surface area contributed by atoms with E-state index in [1.165, 1.54) is 11.1 Å². The first kappa shape index (κ1) is 12.8. The fourth-order valence-corrected chi connectivity index (χ4v) is 3.57. The zero-order valence-corrected chi connectivity index (χ0v) is 12.2. The summed E-state index contributed by atoms with van der Waals surface area (Å²) in [6, 6.07) is 8.77. The number of piperidine rings is 1. The number of aryl methyl sites for hydroxylation is 1. The Morgan fingerprint density at radius 2 is 2.00 bits per heavy atom. The van der Waals surface area contributed by atoms with Crippen molar-refractivity contribution in [3.8, 4) is 0 Å². The van der Waals surface area contributed by atoms with Gasteiger partial charge in [-0.05, 0) is 37.1 Å². The Hall–Kier alpha value is -1.94. The lowest BCUT2D eigenvalue weighted by Crippen LogP contribution is -2.40. The van der Waals surface area contributed by atoms with Gasteiger partial charge in [0.05, 0.1) is 6.54 Å².